The molecule has 0 spiro atoms. The largest absolute Gasteiger partial charge is 0.307 e. The molecule has 19 heavy (non-hydrogen) atoms. The molecule has 1 N–H and O–H groups in total. The van der Waals surface area contributed by atoms with Crippen molar-refractivity contribution in [2.75, 3.05) is 19.6 Å². The van der Waals surface area contributed by atoms with Crippen LogP contribution in [0.4, 0.5) is 0 Å². The fourth-order valence-electron chi connectivity index (χ4n) is 2.96. The standard InChI is InChI=1S/C17H28N2/c1-4-15(5-2)12-19-13-17(18-11-14(19)3)16-9-7-6-8-10-16/h6-10,14-15,17-18H,4-5,11-13H2,1-3H3. The van der Waals surface area contributed by atoms with Gasteiger partial charge in [-0.1, -0.05) is 57.0 Å². The number of rotatable bonds is 5. The number of nitrogens with zero attached hydrogens (tertiary/aromatic N) is 1. The van der Waals surface area contributed by atoms with Crippen molar-refractivity contribution < 1.29 is 0 Å². The van der Waals surface area contributed by atoms with Crippen LogP contribution in [0.2, 0.25) is 0 Å². The lowest BCUT2D eigenvalue weighted by Crippen LogP contribution is -2.52. The van der Waals surface area contributed by atoms with E-state index >= 15 is 0 Å². The molecule has 0 bridgehead atoms. The van der Waals surface area contributed by atoms with Crippen molar-refractivity contribution in [3.8, 4) is 0 Å². The molecule has 1 heterocycles. The average Bonchev–Trinajstić information content (AvgIpc) is 2.47. The van der Waals surface area contributed by atoms with E-state index in [1.54, 1.807) is 0 Å². The maximum atomic E-state index is 3.68. The van der Waals surface area contributed by atoms with Crippen LogP contribution in [0.25, 0.3) is 0 Å². The Morgan fingerprint density at radius 2 is 1.89 bits per heavy atom. The van der Waals surface area contributed by atoms with Crippen molar-refractivity contribution in [1.29, 1.82) is 0 Å². The first-order valence-electron chi connectivity index (χ1n) is 7.77. The Labute approximate surface area is 118 Å². The van der Waals surface area contributed by atoms with Gasteiger partial charge in [-0.25, -0.2) is 0 Å². The van der Waals surface area contributed by atoms with E-state index in [0.29, 0.717) is 12.1 Å². The van der Waals surface area contributed by atoms with E-state index in [0.717, 1.165) is 19.0 Å². The minimum Gasteiger partial charge on any atom is -0.307 e. The SMILES string of the molecule is CCC(CC)CN1CC(c2ccccc2)NCC1C. The summed E-state index contributed by atoms with van der Waals surface area (Å²) in [5.41, 5.74) is 1.42. The molecule has 1 fully saturated rings. The summed E-state index contributed by atoms with van der Waals surface area (Å²) in [5, 5.41) is 3.68. The summed E-state index contributed by atoms with van der Waals surface area (Å²) >= 11 is 0. The van der Waals surface area contributed by atoms with Crippen LogP contribution < -0.4 is 5.32 Å². The predicted octanol–water partition coefficient (Wildman–Crippen LogP) is 3.46. The number of hydrogen-bond donors (Lipinski definition) is 1. The van der Waals surface area contributed by atoms with Gasteiger partial charge in [-0.3, -0.25) is 4.90 Å². The third-order valence-electron chi connectivity index (χ3n) is 4.55. The van der Waals surface area contributed by atoms with Gasteiger partial charge in [0.25, 0.3) is 0 Å². The molecular formula is C17H28N2. The Bertz CT molecular complexity index is 359. The topological polar surface area (TPSA) is 15.3 Å². The van der Waals surface area contributed by atoms with Crippen LogP contribution in [0.5, 0.6) is 0 Å². The van der Waals surface area contributed by atoms with Crippen molar-refractivity contribution in [3.05, 3.63) is 35.9 Å². The summed E-state index contributed by atoms with van der Waals surface area (Å²) in [5.74, 6) is 0.844. The Morgan fingerprint density at radius 1 is 1.21 bits per heavy atom. The van der Waals surface area contributed by atoms with Crippen molar-refractivity contribution in [3.63, 3.8) is 0 Å². The maximum absolute atomic E-state index is 3.68. The van der Waals surface area contributed by atoms with Crippen molar-refractivity contribution in [1.82, 2.24) is 10.2 Å². The van der Waals surface area contributed by atoms with Gasteiger partial charge in [-0.15, -0.1) is 0 Å². The first kappa shape index (κ1) is 14.5. The minimum absolute atomic E-state index is 0.492. The predicted molar refractivity (Wildman–Crippen MR) is 82.3 cm³/mol. The van der Waals surface area contributed by atoms with Crippen LogP contribution in [0, 0.1) is 5.92 Å². The molecule has 1 aliphatic heterocycles. The van der Waals surface area contributed by atoms with E-state index in [9.17, 15) is 0 Å². The number of hydrogen-bond acceptors (Lipinski definition) is 2. The Balaban J connectivity index is 2.00. The molecular weight excluding hydrogens is 232 g/mol. The zero-order valence-corrected chi connectivity index (χ0v) is 12.6. The van der Waals surface area contributed by atoms with E-state index in [1.165, 1.54) is 24.9 Å². The summed E-state index contributed by atoms with van der Waals surface area (Å²) in [6.45, 7) is 10.5. The van der Waals surface area contributed by atoms with Gasteiger partial charge in [0.1, 0.15) is 0 Å². The zero-order chi connectivity index (χ0) is 13.7. The highest BCUT2D eigenvalue weighted by molar-refractivity contribution is 5.20. The van der Waals surface area contributed by atoms with Gasteiger partial charge < -0.3 is 5.32 Å². The highest BCUT2D eigenvalue weighted by Crippen LogP contribution is 2.22. The van der Waals surface area contributed by atoms with Crippen molar-refractivity contribution in [2.24, 2.45) is 5.92 Å². The lowest BCUT2D eigenvalue weighted by molar-refractivity contribution is 0.117. The van der Waals surface area contributed by atoms with Crippen LogP contribution in [0.1, 0.15) is 45.2 Å². The summed E-state index contributed by atoms with van der Waals surface area (Å²) in [4.78, 5) is 2.67. The van der Waals surface area contributed by atoms with Gasteiger partial charge in [0, 0.05) is 31.7 Å². The van der Waals surface area contributed by atoms with Crippen LogP contribution in [0.3, 0.4) is 0 Å². The second-order valence-electron chi connectivity index (χ2n) is 5.86. The first-order chi connectivity index (χ1) is 9.24. The Morgan fingerprint density at radius 3 is 2.53 bits per heavy atom. The zero-order valence-electron chi connectivity index (χ0n) is 12.6. The van der Waals surface area contributed by atoms with Gasteiger partial charge in [-0.05, 0) is 18.4 Å². The van der Waals surface area contributed by atoms with Crippen molar-refractivity contribution in [2.45, 2.75) is 45.7 Å². The van der Waals surface area contributed by atoms with E-state index in [-0.39, 0.29) is 0 Å². The van der Waals surface area contributed by atoms with E-state index in [4.69, 9.17) is 0 Å². The van der Waals surface area contributed by atoms with E-state index < -0.39 is 0 Å². The molecule has 0 aromatic heterocycles. The molecule has 2 heteroatoms. The fourth-order valence-corrected chi connectivity index (χ4v) is 2.96. The third kappa shape index (κ3) is 3.80. The first-order valence-corrected chi connectivity index (χ1v) is 7.77. The van der Waals surface area contributed by atoms with Crippen LogP contribution in [-0.2, 0) is 0 Å². The molecule has 2 rings (SSSR count). The van der Waals surface area contributed by atoms with Gasteiger partial charge in [-0.2, -0.15) is 0 Å². The molecule has 2 unspecified atom stereocenters. The molecule has 1 aromatic rings. The molecule has 2 atom stereocenters. The number of piperazine rings is 1. The monoisotopic (exact) mass is 260 g/mol. The molecule has 0 radical (unpaired) electrons. The Hall–Kier alpha value is -0.860. The molecule has 1 aliphatic rings. The minimum atomic E-state index is 0.492. The van der Waals surface area contributed by atoms with Gasteiger partial charge >= 0.3 is 0 Å². The summed E-state index contributed by atoms with van der Waals surface area (Å²) in [7, 11) is 0. The van der Waals surface area contributed by atoms with Crippen LogP contribution in [-0.4, -0.2) is 30.6 Å². The van der Waals surface area contributed by atoms with Gasteiger partial charge in [0.15, 0.2) is 0 Å². The van der Waals surface area contributed by atoms with Crippen molar-refractivity contribution >= 4 is 0 Å². The summed E-state index contributed by atoms with van der Waals surface area (Å²) in [6.07, 6.45) is 2.59. The van der Waals surface area contributed by atoms with E-state index in [2.05, 4.69) is 61.3 Å². The third-order valence-corrected chi connectivity index (χ3v) is 4.55. The molecule has 0 saturated carbocycles. The molecule has 106 valence electrons. The Kier molecular flexibility index (Phi) is 5.41. The quantitative estimate of drug-likeness (QED) is 0.872. The summed E-state index contributed by atoms with van der Waals surface area (Å²) in [6, 6.07) is 12.0. The van der Waals surface area contributed by atoms with Crippen LogP contribution in [0.15, 0.2) is 30.3 Å². The maximum Gasteiger partial charge on any atom is 0.0449 e. The molecule has 2 nitrogen and oxygen atoms in total. The van der Waals surface area contributed by atoms with Gasteiger partial charge in [0.05, 0.1) is 0 Å². The average molecular weight is 260 g/mol. The van der Waals surface area contributed by atoms with E-state index in [1.807, 2.05) is 0 Å². The fraction of sp³-hybridized carbons (Fsp3) is 0.647. The molecule has 0 amide bonds. The van der Waals surface area contributed by atoms with Crippen LogP contribution >= 0.6 is 0 Å². The molecule has 1 saturated heterocycles. The highest BCUT2D eigenvalue weighted by Gasteiger charge is 2.26. The lowest BCUT2D eigenvalue weighted by Gasteiger charge is -2.40. The molecule has 0 aliphatic carbocycles. The van der Waals surface area contributed by atoms with Gasteiger partial charge in [0.2, 0.25) is 0 Å². The number of nitrogens with one attached hydrogen (secondary N) is 1. The number of benzene rings is 1. The lowest BCUT2D eigenvalue weighted by atomic mass is 9.98. The highest BCUT2D eigenvalue weighted by atomic mass is 15.2. The molecule has 1 aromatic carbocycles. The second-order valence-corrected chi connectivity index (χ2v) is 5.86. The normalized spacial score (nSPS) is 24.8. The second kappa shape index (κ2) is 7.06. The smallest absolute Gasteiger partial charge is 0.0449 e. The summed E-state index contributed by atoms with van der Waals surface area (Å²) < 4.78 is 0.